The maximum Gasteiger partial charge on any atom is 0.338 e. The second-order valence-electron chi connectivity index (χ2n) is 8.02. The Kier molecular flexibility index (Phi) is 7.28. The third kappa shape index (κ3) is 5.29. The van der Waals surface area contributed by atoms with Crippen molar-refractivity contribution in [1.29, 1.82) is 0 Å². The molecule has 3 aromatic rings. The highest BCUT2D eigenvalue weighted by molar-refractivity contribution is 5.95. The summed E-state index contributed by atoms with van der Waals surface area (Å²) in [6, 6.07) is 26.1. The van der Waals surface area contributed by atoms with Crippen molar-refractivity contribution in [2.75, 3.05) is 6.61 Å². The van der Waals surface area contributed by atoms with Crippen LogP contribution < -0.4 is 10.1 Å². The number of carbonyl (C=O) groups is 2. The summed E-state index contributed by atoms with van der Waals surface area (Å²) in [5, 5.41) is 2.99. The monoisotopic (exact) mass is 456 g/mol. The normalized spacial score (nSPS) is 15.6. The molecular formula is C28H28N2O4. The Balaban J connectivity index is 1.58. The topological polar surface area (TPSA) is 67.9 Å². The largest absolute Gasteiger partial charge is 0.489 e. The number of amides is 2. The molecule has 1 heterocycles. The van der Waals surface area contributed by atoms with Gasteiger partial charge in [0.05, 0.1) is 24.8 Å². The molecule has 1 aliphatic heterocycles. The molecule has 0 fully saturated rings. The molecule has 174 valence electrons. The van der Waals surface area contributed by atoms with Crippen molar-refractivity contribution in [3.05, 3.63) is 113 Å². The van der Waals surface area contributed by atoms with Crippen LogP contribution in [0.2, 0.25) is 0 Å². The summed E-state index contributed by atoms with van der Waals surface area (Å²) in [5.41, 5.74) is 3.84. The molecule has 2 amide bonds. The first-order chi connectivity index (χ1) is 16.6. The van der Waals surface area contributed by atoms with Gasteiger partial charge in [-0.3, -0.25) is 4.90 Å². The number of nitrogens with one attached hydrogen (secondary N) is 1. The van der Waals surface area contributed by atoms with E-state index in [0.29, 0.717) is 30.2 Å². The number of esters is 1. The molecule has 1 atom stereocenters. The van der Waals surface area contributed by atoms with E-state index in [1.54, 1.807) is 18.7 Å². The number of rotatable bonds is 8. The maximum absolute atomic E-state index is 13.0. The van der Waals surface area contributed by atoms with E-state index in [2.05, 4.69) is 5.32 Å². The standard InChI is InChI=1S/C28H28N2O4/c1-3-33-27(31)25-20(2)30(18-21-10-6-4-7-11-21)28(32)29-26(25)23-14-16-24(17-15-23)34-19-22-12-8-5-9-13-22/h4-17,26H,3,18-19H2,1-2H3,(H,29,32). The van der Waals surface area contributed by atoms with Gasteiger partial charge in [0.1, 0.15) is 12.4 Å². The van der Waals surface area contributed by atoms with E-state index in [-0.39, 0.29) is 12.6 Å². The first kappa shape index (κ1) is 23.1. The molecule has 0 bridgehead atoms. The van der Waals surface area contributed by atoms with Crippen molar-refractivity contribution in [3.63, 3.8) is 0 Å². The average molecular weight is 457 g/mol. The maximum atomic E-state index is 13.0. The Morgan fingerprint density at radius 2 is 1.53 bits per heavy atom. The molecule has 4 rings (SSSR count). The van der Waals surface area contributed by atoms with Crippen molar-refractivity contribution in [2.24, 2.45) is 0 Å². The highest BCUT2D eigenvalue weighted by atomic mass is 16.5. The zero-order valence-corrected chi connectivity index (χ0v) is 19.4. The highest BCUT2D eigenvalue weighted by Gasteiger charge is 2.36. The van der Waals surface area contributed by atoms with Gasteiger partial charge in [0.15, 0.2) is 0 Å². The molecule has 34 heavy (non-hydrogen) atoms. The summed E-state index contributed by atoms with van der Waals surface area (Å²) < 4.78 is 11.2. The Morgan fingerprint density at radius 1 is 0.912 bits per heavy atom. The third-order valence-electron chi connectivity index (χ3n) is 5.74. The van der Waals surface area contributed by atoms with Crippen LogP contribution in [0.15, 0.2) is 96.2 Å². The van der Waals surface area contributed by atoms with Crippen LogP contribution in [0, 0.1) is 0 Å². The quantitative estimate of drug-likeness (QED) is 0.463. The van der Waals surface area contributed by atoms with E-state index in [1.165, 1.54) is 0 Å². The average Bonchev–Trinajstić information content (AvgIpc) is 2.86. The second-order valence-corrected chi connectivity index (χ2v) is 8.02. The summed E-state index contributed by atoms with van der Waals surface area (Å²) in [5.74, 6) is 0.270. The lowest BCUT2D eigenvalue weighted by atomic mass is 9.94. The number of hydrogen-bond acceptors (Lipinski definition) is 4. The van der Waals surface area contributed by atoms with Crippen LogP contribution in [-0.2, 0) is 22.7 Å². The molecule has 0 saturated carbocycles. The predicted octanol–water partition coefficient (Wildman–Crippen LogP) is 5.37. The molecule has 1 N–H and O–H groups in total. The van der Waals surface area contributed by atoms with E-state index >= 15 is 0 Å². The molecule has 3 aromatic carbocycles. The number of allylic oxidation sites excluding steroid dienone is 1. The first-order valence-corrected chi connectivity index (χ1v) is 11.3. The molecule has 6 nitrogen and oxygen atoms in total. The SMILES string of the molecule is CCOC(=O)C1=C(C)N(Cc2ccccc2)C(=O)NC1c1ccc(OCc2ccccc2)cc1. The van der Waals surface area contributed by atoms with Crippen molar-refractivity contribution < 1.29 is 19.1 Å². The van der Waals surface area contributed by atoms with Gasteiger partial charge >= 0.3 is 12.0 Å². The highest BCUT2D eigenvalue weighted by Crippen LogP contribution is 2.33. The predicted molar refractivity (Wildman–Crippen MR) is 130 cm³/mol. The van der Waals surface area contributed by atoms with Crippen molar-refractivity contribution in [1.82, 2.24) is 10.2 Å². The number of urea groups is 1. The fourth-order valence-corrected chi connectivity index (χ4v) is 3.96. The van der Waals surface area contributed by atoms with Crippen LogP contribution >= 0.6 is 0 Å². The minimum Gasteiger partial charge on any atom is -0.489 e. The minimum absolute atomic E-state index is 0.251. The molecule has 0 saturated heterocycles. The van der Waals surface area contributed by atoms with Gasteiger partial charge in [-0.2, -0.15) is 0 Å². The smallest absolute Gasteiger partial charge is 0.338 e. The lowest BCUT2D eigenvalue weighted by molar-refractivity contribution is -0.139. The van der Waals surface area contributed by atoms with Gasteiger partial charge in [0, 0.05) is 5.70 Å². The van der Waals surface area contributed by atoms with E-state index in [0.717, 1.165) is 16.7 Å². The summed E-state index contributed by atoms with van der Waals surface area (Å²) in [4.78, 5) is 27.6. The van der Waals surface area contributed by atoms with Crippen molar-refractivity contribution in [3.8, 4) is 5.75 Å². The lowest BCUT2D eigenvalue weighted by Crippen LogP contribution is -2.47. The Labute approximate surface area is 199 Å². The van der Waals surface area contributed by atoms with E-state index in [4.69, 9.17) is 9.47 Å². The number of hydrogen-bond donors (Lipinski definition) is 1. The molecule has 1 unspecified atom stereocenters. The number of carbonyl (C=O) groups excluding carboxylic acids is 2. The summed E-state index contributed by atoms with van der Waals surface area (Å²) in [7, 11) is 0. The molecular weight excluding hydrogens is 428 g/mol. The first-order valence-electron chi connectivity index (χ1n) is 11.3. The Bertz CT molecular complexity index is 1160. The number of benzene rings is 3. The Morgan fingerprint density at radius 3 is 2.15 bits per heavy atom. The molecule has 0 spiro atoms. The lowest BCUT2D eigenvalue weighted by Gasteiger charge is -2.35. The van der Waals surface area contributed by atoms with Crippen LogP contribution in [-0.4, -0.2) is 23.5 Å². The number of ether oxygens (including phenoxy) is 2. The van der Waals surface area contributed by atoms with E-state index < -0.39 is 12.0 Å². The fourth-order valence-electron chi connectivity index (χ4n) is 3.96. The fraction of sp³-hybridized carbons (Fsp3) is 0.214. The van der Waals surface area contributed by atoms with Crippen LogP contribution in [0.5, 0.6) is 5.75 Å². The molecule has 1 aliphatic rings. The van der Waals surface area contributed by atoms with Crippen LogP contribution in [0.4, 0.5) is 4.79 Å². The third-order valence-corrected chi connectivity index (χ3v) is 5.74. The zero-order valence-electron chi connectivity index (χ0n) is 19.4. The summed E-state index contributed by atoms with van der Waals surface area (Å²) in [6.07, 6.45) is 0. The molecule has 6 heteroatoms. The molecule has 0 aromatic heterocycles. The van der Waals surface area contributed by atoms with Gasteiger partial charge in [0.2, 0.25) is 0 Å². The summed E-state index contributed by atoms with van der Waals surface area (Å²) >= 11 is 0. The van der Waals surface area contributed by atoms with Gasteiger partial charge in [0.25, 0.3) is 0 Å². The van der Waals surface area contributed by atoms with Crippen molar-refractivity contribution >= 4 is 12.0 Å². The van der Waals surface area contributed by atoms with Gasteiger partial charge in [-0.1, -0.05) is 72.8 Å². The van der Waals surface area contributed by atoms with Crippen LogP contribution in [0.1, 0.15) is 36.6 Å². The molecule has 0 radical (unpaired) electrons. The minimum atomic E-state index is -0.609. The van der Waals surface area contributed by atoms with E-state index in [1.807, 2.05) is 84.9 Å². The zero-order chi connectivity index (χ0) is 23.9. The van der Waals surface area contributed by atoms with Crippen LogP contribution in [0.3, 0.4) is 0 Å². The van der Waals surface area contributed by atoms with Crippen LogP contribution in [0.25, 0.3) is 0 Å². The molecule has 0 aliphatic carbocycles. The van der Waals surface area contributed by atoms with Gasteiger partial charge in [-0.15, -0.1) is 0 Å². The van der Waals surface area contributed by atoms with E-state index in [9.17, 15) is 9.59 Å². The van der Waals surface area contributed by atoms with Crippen molar-refractivity contribution in [2.45, 2.75) is 33.0 Å². The summed E-state index contributed by atoms with van der Waals surface area (Å²) in [6.45, 7) is 4.63. The second kappa shape index (κ2) is 10.7. The van der Waals surface area contributed by atoms with Gasteiger partial charge in [-0.25, -0.2) is 9.59 Å². The van der Waals surface area contributed by atoms with Gasteiger partial charge in [-0.05, 0) is 42.7 Å². The van der Waals surface area contributed by atoms with Gasteiger partial charge < -0.3 is 14.8 Å². The number of nitrogens with zero attached hydrogens (tertiary/aromatic N) is 1. The Hall–Kier alpha value is -4.06.